The van der Waals surface area contributed by atoms with Gasteiger partial charge in [-0.3, -0.25) is 4.55 Å². The number of benzene rings is 4. The molecule has 1 heterocycles. The largest absolute Gasteiger partial charge is 1.00 e. The van der Waals surface area contributed by atoms with E-state index in [9.17, 15) is 60.9 Å². The molecule has 0 saturated heterocycles. The SMILES string of the molecule is O=S(=O)(O)OCCS(=O)(=O)c1ccc(N=Nc2c(S(=O)(=O)[O-])cc3cc(S(=O)(=O)[O-])cc(Nc4nc(Cl)nc(Nc5ccccc5S(=O)(=O)[O-])n4)c3c2[O-])cc1.[Na+].[Na+].[Na+].[Na+]. The molecule has 0 aliphatic heterocycles. The van der Waals surface area contributed by atoms with Crippen molar-refractivity contribution in [1.29, 1.82) is 0 Å². The van der Waals surface area contributed by atoms with E-state index in [-0.39, 0.29) is 134 Å². The molecule has 0 unspecified atom stereocenters. The molecule has 60 heavy (non-hydrogen) atoms. The van der Waals surface area contributed by atoms with E-state index in [1.807, 2.05) is 0 Å². The monoisotopic (exact) mass is 983 g/mol. The van der Waals surface area contributed by atoms with Crippen molar-refractivity contribution in [2.45, 2.75) is 19.6 Å². The molecule has 4 aromatic carbocycles. The van der Waals surface area contributed by atoms with Gasteiger partial charge < -0.3 is 29.4 Å². The van der Waals surface area contributed by atoms with Crippen molar-refractivity contribution in [1.82, 2.24) is 15.0 Å². The number of nitrogens with zero attached hydrogens (tertiary/aromatic N) is 5. The van der Waals surface area contributed by atoms with Gasteiger partial charge in [0.05, 0.1) is 49.0 Å². The maximum atomic E-state index is 13.9. The first-order chi connectivity index (χ1) is 25.8. The Hall–Kier alpha value is -1.01. The van der Waals surface area contributed by atoms with Crippen LogP contribution < -0.4 is 134 Å². The van der Waals surface area contributed by atoms with Gasteiger partial charge in [0.2, 0.25) is 17.2 Å². The molecule has 5 rings (SSSR count). The third-order valence-electron chi connectivity index (χ3n) is 6.97. The number of halogens is 1. The average molecular weight is 984 g/mol. The van der Waals surface area contributed by atoms with Crippen molar-refractivity contribution in [3.63, 3.8) is 0 Å². The van der Waals surface area contributed by atoms with Crippen LogP contribution in [-0.2, 0) is 54.8 Å². The summed E-state index contributed by atoms with van der Waals surface area (Å²) in [6.07, 6.45) is 0. The fraction of sp³-hybridized carbons (Fsp3) is 0.0741. The summed E-state index contributed by atoms with van der Waals surface area (Å²) in [5.74, 6) is -3.36. The second-order valence-corrected chi connectivity index (χ2v) is 18.4. The van der Waals surface area contributed by atoms with Gasteiger partial charge in [-0.1, -0.05) is 17.9 Å². The minimum absolute atomic E-state index is 0. The summed E-state index contributed by atoms with van der Waals surface area (Å²) in [7, 11) is -25.1. The van der Waals surface area contributed by atoms with Gasteiger partial charge in [-0.05, 0) is 77.0 Å². The van der Waals surface area contributed by atoms with Crippen molar-refractivity contribution in [3.05, 3.63) is 72.0 Å². The predicted octanol–water partition coefficient (Wildman–Crippen LogP) is -10.0. The quantitative estimate of drug-likeness (QED) is 0.0528. The fourth-order valence-corrected chi connectivity index (χ4v) is 8.12. The second kappa shape index (κ2) is 22.3. The third-order valence-corrected chi connectivity index (χ3v) is 11.9. The topological polar surface area (TPSA) is 380 Å². The van der Waals surface area contributed by atoms with Crippen molar-refractivity contribution in [2.75, 3.05) is 23.0 Å². The van der Waals surface area contributed by atoms with Crippen molar-refractivity contribution < 1.29 is 188 Å². The number of fused-ring (bicyclic) bond motifs is 1. The number of anilines is 4. The van der Waals surface area contributed by atoms with E-state index in [1.54, 1.807) is 0 Å². The van der Waals surface area contributed by atoms with Crippen LogP contribution in [0.4, 0.5) is 34.6 Å². The van der Waals surface area contributed by atoms with E-state index in [0.29, 0.717) is 18.2 Å². The van der Waals surface area contributed by atoms with Gasteiger partial charge in [0.15, 0.2) is 9.84 Å². The molecule has 0 fully saturated rings. The van der Waals surface area contributed by atoms with E-state index in [2.05, 4.69) is 40.0 Å². The van der Waals surface area contributed by atoms with Crippen LogP contribution in [-0.4, -0.2) is 87.6 Å². The van der Waals surface area contributed by atoms with Crippen LogP contribution in [0, 0.1) is 0 Å². The molecule has 33 heteroatoms. The number of para-hydroxylation sites is 1. The van der Waals surface area contributed by atoms with Gasteiger partial charge in [0.1, 0.15) is 30.4 Å². The van der Waals surface area contributed by atoms with Crippen LogP contribution in [0.25, 0.3) is 10.8 Å². The molecule has 1 aromatic heterocycles. The van der Waals surface area contributed by atoms with E-state index in [1.165, 1.54) is 18.2 Å². The first-order valence-corrected chi connectivity index (χ1v) is 22.0. The molecule has 3 N–H and O–H groups in total. The molecular formula is C27H18ClN7Na4O16S5. The number of sulfone groups is 1. The Morgan fingerprint density at radius 2 is 1.22 bits per heavy atom. The zero-order valence-electron chi connectivity index (χ0n) is 31.0. The van der Waals surface area contributed by atoms with E-state index in [4.69, 9.17) is 16.2 Å². The minimum Gasteiger partial charge on any atom is -0.870 e. The molecule has 0 atom stereocenters. The van der Waals surface area contributed by atoms with Gasteiger partial charge in [-0.2, -0.15) is 28.5 Å². The van der Waals surface area contributed by atoms with Gasteiger partial charge >= 0.3 is 129 Å². The zero-order chi connectivity index (χ0) is 41.4. The zero-order valence-corrected chi connectivity index (χ0v) is 43.8. The summed E-state index contributed by atoms with van der Waals surface area (Å²) in [5.41, 5.74) is -2.25. The third kappa shape index (κ3) is 15.0. The molecular weight excluding hydrogens is 966 g/mol. The standard InChI is InChI=1S/C27H22ClN7O16S5.4Na/c28-25-31-26(29-18-3-1-2-4-20(18)54(42,43)44)33-27(32-25)30-19-13-17(53(39,40)41)11-14-12-21(55(45,46)47)23(24(36)22(14)19)35-34-15-5-7-16(8-6-15)52(37,38)10-9-51-56(48,49)50;;;;/h1-8,11-13,36H,9-10H2,(H,39,40,41)(H,42,43,44)(H,45,46,47)(H,48,49,50)(H2,29,30,31,32,33);;;;/q;4*+1/p-4. The van der Waals surface area contributed by atoms with Crippen LogP contribution in [0.2, 0.25) is 5.28 Å². The summed E-state index contributed by atoms with van der Waals surface area (Å²) in [6.45, 7) is -0.926. The minimum atomic E-state index is -5.60. The number of nitrogens with one attached hydrogen (secondary N) is 2. The smallest absolute Gasteiger partial charge is 0.870 e. The van der Waals surface area contributed by atoms with Crippen molar-refractivity contribution in [2.24, 2.45) is 10.2 Å². The first-order valence-electron chi connectivity index (χ1n) is 14.4. The van der Waals surface area contributed by atoms with Gasteiger partial charge in [0, 0.05) is 5.69 Å². The Morgan fingerprint density at radius 3 is 1.75 bits per heavy atom. The summed E-state index contributed by atoms with van der Waals surface area (Å²) < 4.78 is 167. The van der Waals surface area contributed by atoms with E-state index in [0.717, 1.165) is 30.3 Å². The Morgan fingerprint density at radius 1 is 0.667 bits per heavy atom. The van der Waals surface area contributed by atoms with Crippen LogP contribution in [0.1, 0.15) is 0 Å². The molecule has 5 aromatic rings. The molecule has 0 aliphatic carbocycles. The Bertz CT molecular complexity index is 3010. The normalized spacial score (nSPS) is 12.1. The predicted molar refractivity (Wildman–Crippen MR) is 185 cm³/mol. The maximum Gasteiger partial charge on any atom is 1.00 e. The summed E-state index contributed by atoms with van der Waals surface area (Å²) in [4.78, 5) is 8.05. The molecule has 0 spiro atoms. The van der Waals surface area contributed by atoms with Crippen LogP contribution in [0.15, 0.2) is 96.5 Å². The number of hydrogen-bond donors (Lipinski definition) is 3. The molecule has 0 bridgehead atoms. The maximum absolute atomic E-state index is 13.9. The van der Waals surface area contributed by atoms with E-state index >= 15 is 0 Å². The van der Waals surface area contributed by atoms with Crippen LogP contribution in [0.3, 0.4) is 0 Å². The summed E-state index contributed by atoms with van der Waals surface area (Å²) in [5, 5.41) is 24.3. The van der Waals surface area contributed by atoms with Crippen molar-refractivity contribution >= 4 is 108 Å². The van der Waals surface area contributed by atoms with Gasteiger partial charge in [-0.15, -0.1) is 5.11 Å². The summed E-state index contributed by atoms with van der Waals surface area (Å²) in [6, 6.07) is 10.5. The Labute approximate surface area is 434 Å². The van der Waals surface area contributed by atoms with Gasteiger partial charge in [-0.25, -0.2) is 37.9 Å². The Balaban J connectivity index is 0.00000450. The molecule has 0 saturated carbocycles. The second-order valence-electron chi connectivity index (χ2n) is 10.7. The van der Waals surface area contributed by atoms with Crippen LogP contribution >= 0.6 is 11.6 Å². The summed E-state index contributed by atoms with van der Waals surface area (Å²) >= 11 is 6.01. The molecule has 298 valence electrons. The number of hydrogen-bond acceptors (Lipinski definition) is 22. The van der Waals surface area contributed by atoms with Crippen molar-refractivity contribution in [3.8, 4) is 5.75 Å². The molecule has 0 amide bonds. The molecule has 23 nitrogen and oxygen atoms in total. The average Bonchev–Trinajstić information content (AvgIpc) is 3.05. The number of aromatic nitrogens is 3. The van der Waals surface area contributed by atoms with E-state index < -0.39 is 123 Å². The Kier molecular flexibility index (Phi) is 21.1. The molecule has 0 radical (unpaired) electrons. The number of azo groups is 1. The fourth-order valence-electron chi connectivity index (χ4n) is 4.66. The van der Waals surface area contributed by atoms with Gasteiger partial charge in [0.25, 0.3) is 0 Å². The number of rotatable bonds is 14. The van der Waals surface area contributed by atoms with Crippen LogP contribution in [0.5, 0.6) is 5.75 Å². The molecule has 0 aliphatic rings. The first kappa shape index (κ1) is 57.0.